The first-order valence-electron chi connectivity index (χ1n) is 6.35. The lowest BCUT2D eigenvalue weighted by molar-refractivity contribution is -0.123. The van der Waals surface area contributed by atoms with E-state index in [0.29, 0.717) is 24.7 Å². The van der Waals surface area contributed by atoms with E-state index < -0.39 is 0 Å². The van der Waals surface area contributed by atoms with E-state index in [1.54, 1.807) is 6.92 Å². The van der Waals surface area contributed by atoms with Crippen molar-refractivity contribution < 1.29 is 9.32 Å². The van der Waals surface area contributed by atoms with Gasteiger partial charge in [0.05, 0.1) is 6.04 Å². The van der Waals surface area contributed by atoms with Crippen LogP contribution >= 0.6 is 0 Å². The van der Waals surface area contributed by atoms with E-state index in [-0.39, 0.29) is 18.0 Å². The van der Waals surface area contributed by atoms with Crippen LogP contribution in [0.3, 0.4) is 0 Å². The van der Waals surface area contributed by atoms with E-state index in [9.17, 15) is 4.79 Å². The number of rotatable bonds is 7. The quantitative estimate of drug-likeness (QED) is 0.753. The summed E-state index contributed by atoms with van der Waals surface area (Å²) in [6, 6.07) is -0.0108. The smallest absolute Gasteiger partial charge is 0.237 e. The molecule has 102 valence electrons. The van der Waals surface area contributed by atoms with E-state index in [1.165, 1.54) is 0 Å². The number of hydrogen-bond acceptors (Lipinski definition) is 5. The van der Waals surface area contributed by atoms with Crippen molar-refractivity contribution >= 4 is 5.91 Å². The molecule has 1 aromatic heterocycles. The molecule has 1 aromatic rings. The van der Waals surface area contributed by atoms with E-state index in [1.807, 2.05) is 20.8 Å². The molecule has 6 heteroatoms. The van der Waals surface area contributed by atoms with Crippen LogP contribution in [0.15, 0.2) is 4.52 Å². The topological polar surface area (TPSA) is 80.0 Å². The Morgan fingerprint density at radius 2 is 2.17 bits per heavy atom. The minimum atomic E-state index is -0.219. The van der Waals surface area contributed by atoms with Gasteiger partial charge in [-0.15, -0.1) is 0 Å². The van der Waals surface area contributed by atoms with Gasteiger partial charge in [-0.2, -0.15) is 4.98 Å². The summed E-state index contributed by atoms with van der Waals surface area (Å²) in [7, 11) is 0. The minimum absolute atomic E-state index is 0.0195. The first kappa shape index (κ1) is 14.6. The zero-order valence-electron chi connectivity index (χ0n) is 11.5. The van der Waals surface area contributed by atoms with Crippen molar-refractivity contribution in [2.45, 2.75) is 52.6 Å². The summed E-state index contributed by atoms with van der Waals surface area (Å²) in [6.45, 7) is 8.29. The van der Waals surface area contributed by atoms with Crippen molar-refractivity contribution in [2.75, 3.05) is 6.54 Å². The Bertz CT molecular complexity index is 378. The monoisotopic (exact) mass is 254 g/mol. The highest BCUT2D eigenvalue weighted by molar-refractivity contribution is 5.81. The van der Waals surface area contributed by atoms with Crippen LogP contribution < -0.4 is 10.6 Å². The lowest BCUT2D eigenvalue weighted by Crippen LogP contribution is -2.45. The molecular weight excluding hydrogens is 232 g/mol. The second kappa shape index (κ2) is 7.10. The molecule has 0 bridgehead atoms. The molecule has 0 aliphatic rings. The standard InChI is InChI=1S/C12H22N4O2/c1-5-8(2)14-12(17)9(3)13-7-6-11-15-10(4)16-18-11/h8-9,13H,5-7H2,1-4H3,(H,14,17). The highest BCUT2D eigenvalue weighted by Gasteiger charge is 2.14. The molecule has 1 heterocycles. The summed E-state index contributed by atoms with van der Waals surface area (Å²) in [5.41, 5.74) is 0. The fourth-order valence-corrected chi connectivity index (χ4v) is 1.40. The molecule has 0 saturated heterocycles. The number of carbonyl (C=O) groups is 1. The van der Waals surface area contributed by atoms with Gasteiger partial charge in [-0.05, 0) is 27.2 Å². The average Bonchev–Trinajstić information content (AvgIpc) is 2.74. The Labute approximate surface area is 108 Å². The minimum Gasteiger partial charge on any atom is -0.352 e. The zero-order valence-corrected chi connectivity index (χ0v) is 11.5. The van der Waals surface area contributed by atoms with Crippen molar-refractivity contribution in [2.24, 2.45) is 0 Å². The predicted molar refractivity (Wildman–Crippen MR) is 68.1 cm³/mol. The van der Waals surface area contributed by atoms with Gasteiger partial charge in [-0.1, -0.05) is 12.1 Å². The van der Waals surface area contributed by atoms with Gasteiger partial charge in [0.1, 0.15) is 0 Å². The lowest BCUT2D eigenvalue weighted by Gasteiger charge is -2.17. The molecule has 0 fully saturated rings. The first-order valence-corrected chi connectivity index (χ1v) is 6.35. The van der Waals surface area contributed by atoms with Crippen LogP contribution in [-0.2, 0) is 11.2 Å². The van der Waals surface area contributed by atoms with Crippen molar-refractivity contribution in [3.8, 4) is 0 Å². The third-order valence-electron chi connectivity index (χ3n) is 2.75. The third-order valence-corrected chi connectivity index (χ3v) is 2.75. The van der Waals surface area contributed by atoms with Crippen LogP contribution in [-0.4, -0.2) is 34.7 Å². The molecule has 2 N–H and O–H groups in total. The first-order chi connectivity index (χ1) is 8.52. The molecule has 6 nitrogen and oxygen atoms in total. The summed E-state index contributed by atoms with van der Waals surface area (Å²) in [4.78, 5) is 15.8. The number of nitrogens with zero attached hydrogens (tertiary/aromatic N) is 2. The Morgan fingerprint density at radius 1 is 1.44 bits per heavy atom. The second-order valence-electron chi connectivity index (χ2n) is 4.48. The van der Waals surface area contributed by atoms with Crippen molar-refractivity contribution in [3.05, 3.63) is 11.7 Å². The highest BCUT2D eigenvalue weighted by atomic mass is 16.5. The van der Waals surface area contributed by atoms with Crippen molar-refractivity contribution in [1.29, 1.82) is 0 Å². The van der Waals surface area contributed by atoms with Crippen LogP contribution in [0, 0.1) is 6.92 Å². The number of carbonyl (C=O) groups excluding carboxylic acids is 1. The number of aromatic nitrogens is 2. The van der Waals surface area contributed by atoms with Crippen LogP contribution in [0.4, 0.5) is 0 Å². The molecule has 0 spiro atoms. The average molecular weight is 254 g/mol. The van der Waals surface area contributed by atoms with Crippen LogP contribution in [0.5, 0.6) is 0 Å². The fourth-order valence-electron chi connectivity index (χ4n) is 1.40. The van der Waals surface area contributed by atoms with E-state index in [4.69, 9.17) is 4.52 Å². The Hall–Kier alpha value is -1.43. The molecule has 1 amide bonds. The number of nitrogens with one attached hydrogen (secondary N) is 2. The van der Waals surface area contributed by atoms with Gasteiger partial charge < -0.3 is 15.2 Å². The van der Waals surface area contributed by atoms with Crippen LogP contribution in [0.25, 0.3) is 0 Å². The zero-order chi connectivity index (χ0) is 13.5. The molecule has 0 aliphatic heterocycles. The molecule has 0 saturated carbocycles. The number of amides is 1. The summed E-state index contributed by atoms with van der Waals surface area (Å²) < 4.78 is 4.99. The Balaban J connectivity index is 2.24. The maximum atomic E-state index is 11.7. The molecule has 18 heavy (non-hydrogen) atoms. The second-order valence-corrected chi connectivity index (χ2v) is 4.48. The van der Waals surface area contributed by atoms with Gasteiger partial charge in [0, 0.05) is 19.0 Å². The third kappa shape index (κ3) is 4.83. The number of hydrogen-bond donors (Lipinski definition) is 2. The molecule has 2 unspecified atom stereocenters. The van der Waals surface area contributed by atoms with E-state index in [0.717, 1.165) is 6.42 Å². The van der Waals surface area contributed by atoms with Gasteiger partial charge in [-0.3, -0.25) is 4.79 Å². The summed E-state index contributed by atoms with van der Waals surface area (Å²) in [5, 5.41) is 9.77. The van der Waals surface area contributed by atoms with Crippen molar-refractivity contribution in [3.63, 3.8) is 0 Å². The lowest BCUT2D eigenvalue weighted by atomic mass is 10.2. The molecule has 0 radical (unpaired) electrons. The molecule has 0 aromatic carbocycles. The normalized spacial score (nSPS) is 14.2. The molecule has 2 atom stereocenters. The van der Waals surface area contributed by atoms with Gasteiger partial charge in [0.25, 0.3) is 0 Å². The fraction of sp³-hybridized carbons (Fsp3) is 0.750. The highest BCUT2D eigenvalue weighted by Crippen LogP contribution is 1.96. The molecule has 0 aliphatic carbocycles. The van der Waals surface area contributed by atoms with Gasteiger partial charge >= 0.3 is 0 Å². The van der Waals surface area contributed by atoms with Gasteiger partial charge in [0.15, 0.2) is 5.82 Å². The largest absolute Gasteiger partial charge is 0.352 e. The SMILES string of the molecule is CCC(C)NC(=O)C(C)NCCc1nc(C)no1. The summed E-state index contributed by atoms with van der Waals surface area (Å²) >= 11 is 0. The Kier molecular flexibility index (Phi) is 5.77. The van der Waals surface area contributed by atoms with Gasteiger partial charge in [0.2, 0.25) is 11.8 Å². The molecule has 1 rings (SSSR count). The van der Waals surface area contributed by atoms with E-state index >= 15 is 0 Å². The van der Waals surface area contributed by atoms with Crippen LogP contribution in [0.2, 0.25) is 0 Å². The number of aryl methyl sites for hydroxylation is 1. The summed E-state index contributed by atoms with van der Waals surface area (Å²) in [5.74, 6) is 1.24. The molecular formula is C12H22N4O2. The predicted octanol–water partition coefficient (Wildman–Crippen LogP) is 0.813. The van der Waals surface area contributed by atoms with E-state index in [2.05, 4.69) is 20.8 Å². The summed E-state index contributed by atoms with van der Waals surface area (Å²) in [6.07, 6.45) is 1.56. The maximum Gasteiger partial charge on any atom is 0.237 e. The maximum absolute atomic E-state index is 11.7. The van der Waals surface area contributed by atoms with Crippen LogP contribution in [0.1, 0.15) is 38.9 Å². The van der Waals surface area contributed by atoms with Gasteiger partial charge in [-0.25, -0.2) is 0 Å². The van der Waals surface area contributed by atoms with Crippen molar-refractivity contribution in [1.82, 2.24) is 20.8 Å². The Morgan fingerprint density at radius 3 is 2.72 bits per heavy atom.